The third kappa shape index (κ3) is 2.30. The Morgan fingerprint density at radius 1 is 1.41 bits per heavy atom. The number of rotatable bonds is 3. The molecule has 0 saturated heterocycles. The summed E-state index contributed by atoms with van der Waals surface area (Å²) >= 11 is 0. The van der Waals surface area contributed by atoms with Crippen LogP contribution in [0.2, 0.25) is 0 Å². The summed E-state index contributed by atoms with van der Waals surface area (Å²) in [5, 5.41) is 0. The van der Waals surface area contributed by atoms with Gasteiger partial charge in [0.15, 0.2) is 0 Å². The van der Waals surface area contributed by atoms with E-state index < -0.39 is 0 Å². The van der Waals surface area contributed by atoms with Gasteiger partial charge in [-0.15, -0.1) is 0 Å². The predicted molar refractivity (Wildman–Crippen MR) is 64.4 cm³/mol. The molecule has 90 valence electrons. The molecule has 0 saturated carbocycles. The van der Waals surface area contributed by atoms with Gasteiger partial charge < -0.3 is 9.30 Å². The highest BCUT2D eigenvalue weighted by Crippen LogP contribution is 2.17. The van der Waals surface area contributed by atoms with Crippen molar-refractivity contribution >= 4 is 11.4 Å². The highest BCUT2D eigenvalue weighted by atomic mass is 19.1. The van der Waals surface area contributed by atoms with Crippen molar-refractivity contribution in [1.82, 2.24) is 9.30 Å². The largest absolute Gasteiger partial charge is 0.346 e. The average molecular weight is 234 g/mol. The molecule has 17 heavy (non-hydrogen) atoms. The fourth-order valence-electron chi connectivity index (χ4n) is 1.84. The van der Waals surface area contributed by atoms with Crippen molar-refractivity contribution in [3.63, 3.8) is 0 Å². The lowest BCUT2D eigenvalue weighted by molar-refractivity contribution is -0.127. The minimum absolute atomic E-state index is 0.0222. The van der Waals surface area contributed by atoms with E-state index in [1.54, 1.807) is 22.4 Å². The van der Waals surface area contributed by atoms with Gasteiger partial charge in [-0.05, 0) is 30.2 Å². The topological polar surface area (TPSA) is 24.7 Å². The zero-order valence-electron chi connectivity index (χ0n) is 9.98. The number of hydrogen-bond donors (Lipinski definition) is 0. The Morgan fingerprint density at radius 3 is 2.88 bits per heavy atom. The summed E-state index contributed by atoms with van der Waals surface area (Å²) in [6.45, 7) is 2.13. The van der Waals surface area contributed by atoms with Gasteiger partial charge in [-0.3, -0.25) is 4.79 Å². The van der Waals surface area contributed by atoms with Crippen molar-refractivity contribution in [3.8, 4) is 0 Å². The van der Waals surface area contributed by atoms with Crippen LogP contribution >= 0.6 is 0 Å². The van der Waals surface area contributed by atoms with E-state index in [4.69, 9.17) is 0 Å². The van der Waals surface area contributed by atoms with Crippen LogP contribution < -0.4 is 0 Å². The summed E-state index contributed by atoms with van der Waals surface area (Å²) in [5.41, 5.74) is 1.53. The maximum absolute atomic E-state index is 13.7. The molecule has 2 aromatic heterocycles. The van der Waals surface area contributed by atoms with Crippen molar-refractivity contribution in [3.05, 3.63) is 42.0 Å². The third-order valence-corrected chi connectivity index (χ3v) is 2.97. The van der Waals surface area contributed by atoms with E-state index in [9.17, 15) is 9.18 Å². The van der Waals surface area contributed by atoms with E-state index in [-0.39, 0.29) is 11.7 Å². The minimum Gasteiger partial charge on any atom is -0.346 e. The summed E-state index contributed by atoms with van der Waals surface area (Å²) < 4.78 is 15.4. The second-order valence-corrected chi connectivity index (χ2v) is 4.14. The summed E-state index contributed by atoms with van der Waals surface area (Å²) in [7, 11) is 1.75. The van der Waals surface area contributed by atoms with E-state index in [0.717, 1.165) is 5.56 Å². The summed E-state index contributed by atoms with van der Waals surface area (Å²) in [6.07, 6.45) is 4.31. The number of hydrogen-bond acceptors (Lipinski definition) is 1. The number of carbonyl (C=O) groups excluding carboxylic acids is 1. The Hall–Kier alpha value is -1.84. The van der Waals surface area contributed by atoms with Crippen LogP contribution in [-0.4, -0.2) is 28.8 Å². The van der Waals surface area contributed by atoms with Gasteiger partial charge in [-0.1, -0.05) is 0 Å². The highest BCUT2D eigenvalue weighted by Gasteiger charge is 2.09. The molecule has 0 bridgehead atoms. The third-order valence-electron chi connectivity index (χ3n) is 2.97. The first kappa shape index (κ1) is 11.6. The van der Waals surface area contributed by atoms with Gasteiger partial charge in [-0.2, -0.15) is 0 Å². The van der Waals surface area contributed by atoms with Crippen LogP contribution in [0.4, 0.5) is 4.39 Å². The van der Waals surface area contributed by atoms with Crippen molar-refractivity contribution < 1.29 is 9.18 Å². The maximum Gasteiger partial charge on any atom is 0.219 e. The SMILES string of the molecule is CC(=O)N(C)CCc1ccn2cccc(F)c12. The first-order valence-corrected chi connectivity index (χ1v) is 5.55. The first-order chi connectivity index (χ1) is 8.09. The molecule has 0 unspecified atom stereocenters. The molecule has 0 aromatic carbocycles. The van der Waals surface area contributed by atoms with Crippen LogP contribution in [0.25, 0.3) is 5.52 Å². The second kappa shape index (κ2) is 4.57. The average Bonchev–Trinajstić information content (AvgIpc) is 2.70. The van der Waals surface area contributed by atoms with Gasteiger partial charge in [0.05, 0.1) is 5.52 Å². The molecule has 1 amide bonds. The van der Waals surface area contributed by atoms with Crippen molar-refractivity contribution in [2.24, 2.45) is 0 Å². The first-order valence-electron chi connectivity index (χ1n) is 5.55. The van der Waals surface area contributed by atoms with E-state index >= 15 is 0 Å². The lowest BCUT2D eigenvalue weighted by Crippen LogP contribution is -2.26. The number of halogens is 1. The van der Waals surface area contributed by atoms with Gasteiger partial charge in [0.2, 0.25) is 5.91 Å². The Morgan fingerprint density at radius 2 is 2.18 bits per heavy atom. The van der Waals surface area contributed by atoms with Crippen LogP contribution in [-0.2, 0) is 11.2 Å². The molecule has 0 radical (unpaired) electrons. The summed E-state index contributed by atoms with van der Waals surface area (Å²) in [6, 6.07) is 5.02. The van der Waals surface area contributed by atoms with Crippen LogP contribution in [0.15, 0.2) is 30.6 Å². The molecule has 0 aliphatic rings. The number of carbonyl (C=O) groups is 1. The molecule has 2 rings (SSSR count). The number of nitrogens with zero attached hydrogens (tertiary/aromatic N) is 2. The molecule has 0 aliphatic heterocycles. The molecule has 0 atom stereocenters. The van der Waals surface area contributed by atoms with Crippen LogP contribution in [0.3, 0.4) is 0 Å². The molecule has 2 heterocycles. The zero-order chi connectivity index (χ0) is 12.4. The Labute approximate surface area is 99.5 Å². The van der Waals surface area contributed by atoms with Gasteiger partial charge in [0.1, 0.15) is 5.82 Å². The molecule has 0 spiro atoms. The van der Waals surface area contributed by atoms with E-state index in [1.807, 2.05) is 18.5 Å². The van der Waals surface area contributed by atoms with Crippen molar-refractivity contribution in [2.45, 2.75) is 13.3 Å². The van der Waals surface area contributed by atoms with Crippen LogP contribution in [0.5, 0.6) is 0 Å². The molecule has 0 fully saturated rings. The number of aromatic nitrogens is 1. The Kier molecular flexibility index (Phi) is 3.13. The lowest BCUT2D eigenvalue weighted by atomic mass is 10.2. The van der Waals surface area contributed by atoms with Gasteiger partial charge in [-0.25, -0.2) is 4.39 Å². The van der Waals surface area contributed by atoms with Crippen molar-refractivity contribution in [2.75, 3.05) is 13.6 Å². The Bertz CT molecular complexity index is 547. The fraction of sp³-hybridized carbons (Fsp3) is 0.308. The minimum atomic E-state index is -0.224. The quantitative estimate of drug-likeness (QED) is 0.798. The molecule has 3 nitrogen and oxygen atoms in total. The smallest absolute Gasteiger partial charge is 0.219 e. The summed E-state index contributed by atoms with van der Waals surface area (Å²) in [4.78, 5) is 12.7. The van der Waals surface area contributed by atoms with E-state index in [0.29, 0.717) is 18.5 Å². The maximum atomic E-state index is 13.7. The van der Waals surface area contributed by atoms with Crippen molar-refractivity contribution in [1.29, 1.82) is 0 Å². The highest BCUT2D eigenvalue weighted by molar-refractivity contribution is 5.72. The van der Waals surface area contributed by atoms with E-state index in [1.165, 1.54) is 13.0 Å². The van der Waals surface area contributed by atoms with Gasteiger partial charge >= 0.3 is 0 Å². The molecule has 0 N–H and O–H groups in total. The molecule has 0 aliphatic carbocycles. The van der Waals surface area contributed by atoms with E-state index in [2.05, 4.69) is 0 Å². The van der Waals surface area contributed by atoms with Crippen LogP contribution in [0, 0.1) is 5.82 Å². The summed E-state index contributed by atoms with van der Waals surface area (Å²) in [5.74, 6) is -0.202. The van der Waals surface area contributed by atoms with Gasteiger partial charge in [0, 0.05) is 32.9 Å². The molecule has 2 aromatic rings. The number of pyridine rings is 1. The number of likely N-dealkylation sites (N-methyl/N-ethyl adjacent to an activating group) is 1. The molecule has 4 heteroatoms. The number of amides is 1. The lowest BCUT2D eigenvalue weighted by Gasteiger charge is -2.14. The normalized spacial score (nSPS) is 10.8. The van der Waals surface area contributed by atoms with Crippen LogP contribution in [0.1, 0.15) is 12.5 Å². The predicted octanol–water partition coefficient (Wildman–Crippen LogP) is 2.10. The molecular weight excluding hydrogens is 219 g/mol. The Balaban J connectivity index is 2.22. The monoisotopic (exact) mass is 234 g/mol. The fourth-order valence-corrected chi connectivity index (χ4v) is 1.84. The number of fused-ring (bicyclic) bond motifs is 1. The zero-order valence-corrected chi connectivity index (χ0v) is 9.98. The molecular formula is C13H15FN2O. The van der Waals surface area contributed by atoms with Gasteiger partial charge in [0.25, 0.3) is 0 Å². The standard InChI is InChI=1S/C13H15FN2O/c1-10(17)15(2)8-5-11-6-9-16-7-3-4-12(14)13(11)16/h3-4,6-7,9H,5,8H2,1-2H3. The second-order valence-electron chi connectivity index (χ2n) is 4.14.